The highest BCUT2D eigenvalue weighted by Gasteiger charge is 2.12. The second-order valence-electron chi connectivity index (χ2n) is 6.41. The first kappa shape index (κ1) is 17.8. The van der Waals surface area contributed by atoms with Crippen LogP contribution in [-0.2, 0) is 13.0 Å². The van der Waals surface area contributed by atoms with Crippen LogP contribution in [0.4, 0.5) is 0 Å². The molecule has 3 N–H and O–H groups in total. The van der Waals surface area contributed by atoms with Crippen LogP contribution >= 0.6 is 0 Å². The normalized spacial score (nSPS) is 12.0. The van der Waals surface area contributed by atoms with Gasteiger partial charge in [-0.05, 0) is 49.7 Å². The predicted molar refractivity (Wildman–Crippen MR) is 99.6 cm³/mol. The maximum Gasteiger partial charge on any atom is 0.251 e. The second kappa shape index (κ2) is 7.93. The van der Waals surface area contributed by atoms with Crippen LogP contribution in [0.2, 0.25) is 0 Å². The number of aromatic nitrogens is 3. The van der Waals surface area contributed by atoms with Crippen LogP contribution in [0.25, 0.3) is 11.3 Å². The van der Waals surface area contributed by atoms with Gasteiger partial charge in [-0.1, -0.05) is 12.1 Å². The van der Waals surface area contributed by atoms with Crippen molar-refractivity contribution in [2.45, 2.75) is 32.9 Å². The van der Waals surface area contributed by atoms with Crippen molar-refractivity contribution in [1.29, 1.82) is 0 Å². The van der Waals surface area contributed by atoms with Gasteiger partial charge in [-0.2, -0.15) is 5.10 Å². The Morgan fingerprint density at radius 2 is 2.00 bits per heavy atom. The van der Waals surface area contributed by atoms with E-state index in [-0.39, 0.29) is 18.6 Å². The van der Waals surface area contributed by atoms with E-state index >= 15 is 0 Å². The molecule has 0 bridgehead atoms. The van der Waals surface area contributed by atoms with Gasteiger partial charge in [0, 0.05) is 35.5 Å². The van der Waals surface area contributed by atoms with Crippen LogP contribution < -0.4 is 5.32 Å². The predicted octanol–water partition coefficient (Wildman–Crippen LogP) is 2.63. The third-order valence-electron chi connectivity index (χ3n) is 4.10. The molecule has 0 fully saturated rings. The average molecular weight is 350 g/mol. The Balaban J connectivity index is 1.64. The van der Waals surface area contributed by atoms with Gasteiger partial charge in [0.1, 0.15) is 0 Å². The second-order valence-corrected chi connectivity index (χ2v) is 6.41. The highest BCUT2D eigenvalue weighted by molar-refractivity contribution is 5.94. The summed E-state index contributed by atoms with van der Waals surface area (Å²) < 4.78 is 0. The number of aromatic amines is 1. The van der Waals surface area contributed by atoms with Crippen molar-refractivity contribution < 1.29 is 9.90 Å². The molecule has 3 rings (SSSR count). The van der Waals surface area contributed by atoms with Gasteiger partial charge in [-0.25, -0.2) is 0 Å². The van der Waals surface area contributed by atoms with E-state index in [0.29, 0.717) is 12.0 Å². The maximum atomic E-state index is 12.4. The summed E-state index contributed by atoms with van der Waals surface area (Å²) >= 11 is 0. The van der Waals surface area contributed by atoms with Crippen LogP contribution in [0, 0.1) is 6.92 Å². The van der Waals surface area contributed by atoms with E-state index in [2.05, 4.69) is 20.5 Å². The van der Waals surface area contributed by atoms with Crippen LogP contribution in [0.3, 0.4) is 0 Å². The molecule has 6 nitrogen and oxygen atoms in total. The summed E-state index contributed by atoms with van der Waals surface area (Å²) in [6.07, 6.45) is 2.34. The van der Waals surface area contributed by atoms with Gasteiger partial charge >= 0.3 is 0 Å². The van der Waals surface area contributed by atoms with Crippen molar-refractivity contribution in [3.8, 4) is 11.3 Å². The van der Waals surface area contributed by atoms with E-state index in [0.717, 1.165) is 28.2 Å². The van der Waals surface area contributed by atoms with Gasteiger partial charge in [0.25, 0.3) is 5.91 Å². The molecule has 0 radical (unpaired) electrons. The summed E-state index contributed by atoms with van der Waals surface area (Å²) in [4.78, 5) is 16.7. The van der Waals surface area contributed by atoms with Gasteiger partial charge in [-0.3, -0.25) is 14.9 Å². The van der Waals surface area contributed by atoms with E-state index in [4.69, 9.17) is 0 Å². The summed E-state index contributed by atoms with van der Waals surface area (Å²) in [6, 6.07) is 12.8. The Bertz CT molecular complexity index is 887. The first-order valence-electron chi connectivity index (χ1n) is 8.53. The molecule has 0 saturated heterocycles. The molecule has 0 unspecified atom stereocenters. The van der Waals surface area contributed by atoms with Crippen molar-refractivity contribution >= 4 is 5.91 Å². The zero-order valence-corrected chi connectivity index (χ0v) is 14.9. The average Bonchev–Trinajstić information content (AvgIpc) is 3.06. The zero-order chi connectivity index (χ0) is 18.5. The lowest BCUT2D eigenvalue weighted by Crippen LogP contribution is -2.34. The Kier molecular flexibility index (Phi) is 5.43. The minimum atomic E-state index is -0.117. The molecule has 134 valence electrons. The minimum absolute atomic E-state index is 0.0206. The summed E-state index contributed by atoms with van der Waals surface area (Å²) in [5.41, 5.74) is 5.01. The SMILES string of the molecule is Cc1cc(C[C@@H](C)NC(=O)c2ccc(-c3cc(CO)ccn3)cc2)n[nH]1. The molecule has 0 saturated carbocycles. The van der Waals surface area contributed by atoms with Gasteiger partial charge in [0.05, 0.1) is 18.0 Å². The Morgan fingerprint density at radius 3 is 2.65 bits per heavy atom. The summed E-state index contributed by atoms with van der Waals surface area (Å²) in [7, 11) is 0. The number of carbonyl (C=O) groups is 1. The lowest BCUT2D eigenvalue weighted by molar-refractivity contribution is 0.0940. The molecule has 6 heteroatoms. The quantitative estimate of drug-likeness (QED) is 0.637. The number of aliphatic hydroxyl groups is 1. The number of pyridine rings is 1. The van der Waals surface area contributed by atoms with E-state index in [1.54, 1.807) is 24.4 Å². The molecule has 1 atom stereocenters. The largest absolute Gasteiger partial charge is 0.392 e. The van der Waals surface area contributed by atoms with Crippen molar-refractivity contribution in [3.05, 3.63) is 71.2 Å². The number of nitrogens with zero attached hydrogens (tertiary/aromatic N) is 2. The van der Waals surface area contributed by atoms with E-state index < -0.39 is 0 Å². The van der Waals surface area contributed by atoms with Crippen molar-refractivity contribution in [2.24, 2.45) is 0 Å². The number of hydrogen-bond donors (Lipinski definition) is 3. The first-order chi connectivity index (χ1) is 12.5. The topological polar surface area (TPSA) is 90.9 Å². The number of hydrogen-bond acceptors (Lipinski definition) is 4. The number of aryl methyl sites for hydroxylation is 1. The monoisotopic (exact) mass is 350 g/mol. The van der Waals surface area contributed by atoms with Crippen LogP contribution in [0.15, 0.2) is 48.7 Å². The molecule has 3 aromatic rings. The molecule has 0 aliphatic heterocycles. The third-order valence-corrected chi connectivity index (χ3v) is 4.10. The third kappa shape index (κ3) is 4.34. The molecule has 26 heavy (non-hydrogen) atoms. The number of nitrogens with one attached hydrogen (secondary N) is 2. The molecule has 0 aliphatic rings. The van der Waals surface area contributed by atoms with Crippen molar-refractivity contribution in [2.75, 3.05) is 0 Å². The number of aliphatic hydroxyl groups excluding tert-OH is 1. The Morgan fingerprint density at radius 1 is 1.23 bits per heavy atom. The fourth-order valence-electron chi connectivity index (χ4n) is 2.77. The summed E-state index contributed by atoms with van der Waals surface area (Å²) in [5.74, 6) is -0.117. The highest BCUT2D eigenvalue weighted by Crippen LogP contribution is 2.18. The Labute approximate surface area is 152 Å². The van der Waals surface area contributed by atoms with Crippen LogP contribution in [0.1, 0.15) is 34.2 Å². The zero-order valence-electron chi connectivity index (χ0n) is 14.9. The minimum Gasteiger partial charge on any atom is -0.392 e. The smallest absolute Gasteiger partial charge is 0.251 e. The number of rotatable bonds is 6. The molecular weight excluding hydrogens is 328 g/mol. The number of carbonyl (C=O) groups excluding carboxylic acids is 1. The molecule has 0 aliphatic carbocycles. The molecule has 2 aromatic heterocycles. The fraction of sp³-hybridized carbons (Fsp3) is 0.250. The van der Waals surface area contributed by atoms with Gasteiger partial charge in [-0.15, -0.1) is 0 Å². The molecule has 1 amide bonds. The molecule has 1 aromatic carbocycles. The molecule has 0 spiro atoms. The lowest BCUT2D eigenvalue weighted by atomic mass is 10.1. The summed E-state index contributed by atoms with van der Waals surface area (Å²) in [5, 5.41) is 19.3. The Hall–Kier alpha value is -2.99. The van der Waals surface area contributed by atoms with E-state index in [1.165, 1.54) is 0 Å². The number of H-pyrrole nitrogens is 1. The number of amides is 1. The van der Waals surface area contributed by atoms with E-state index in [1.807, 2.05) is 38.1 Å². The number of benzene rings is 1. The van der Waals surface area contributed by atoms with Crippen LogP contribution in [-0.4, -0.2) is 32.2 Å². The van der Waals surface area contributed by atoms with Gasteiger partial charge < -0.3 is 10.4 Å². The highest BCUT2D eigenvalue weighted by atomic mass is 16.3. The van der Waals surface area contributed by atoms with Gasteiger partial charge in [0.2, 0.25) is 0 Å². The van der Waals surface area contributed by atoms with Crippen molar-refractivity contribution in [3.63, 3.8) is 0 Å². The van der Waals surface area contributed by atoms with Crippen LogP contribution in [0.5, 0.6) is 0 Å². The maximum absolute atomic E-state index is 12.4. The first-order valence-corrected chi connectivity index (χ1v) is 8.53. The fourth-order valence-corrected chi connectivity index (χ4v) is 2.77. The van der Waals surface area contributed by atoms with Crippen molar-refractivity contribution in [1.82, 2.24) is 20.5 Å². The van der Waals surface area contributed by atoms with Gasteiger partial charge in [0.15, 0.2) is 0 Å². The standard InChI is InChI=1S/C20H22N4O2/c1-13(9-18-10-14(2)23-24-18)22-20(26)17-5-3-16(4-6-17)19-11-15(12-25)7-8-21-19/h3-8,10-11,13,25H,9,12H2,1-2H3,(H,22,26)(H,23,24)/t13-/m1/s1. The summed E-state index contributed by atoms with van der Waals surface area (Å²) in [6.45, 7) is 3.89. The molecule has 2 heterocycles. The van der Waals surface area contributed by atoms with E-state index in [9.17, 15) is 9.90 Å². The molecular formula is C20H22N4O2. The lowest BCUT2D eigenvalue weighted by Gasteiger charge is -2.13.